The first-order valence-corrected chi connectivity index (χ1v) is 8.27. The Hall–Kier alpha value is -4.14. The quantitative estimate of drug-likeness (QED) is 0.321. The average molecular weight is 443 g/mol. The number of rotatable bonds is 4. The molecule has 0 aliphatic rings. The van der Waals surface area contributed by atoms with Crippen LogP contribution in [0.15, 0.2) is 24.4 Å². The van der Waals surface area contributed by atoms with Gasteiger partial charge in [0.05, 0.1) is 0 Å². The number of benzene rings is 1. The topological polar surface area (TPSA) is 202 Å². The van der Waals surface area contributed by atoms with E-state index in [1.165, 1.54) is 28.9 Å². The molecule has 0 aliphatic heterocycles. The van der Waals surface area contributed by atoms with Crippen molar-refractivity contribution < 1.29 is 38.1 Å². The fourth-order valence-electron chi connectivity index (χ4n) is 2.18. The number of carboxylic acids is 1. The molecular formula is C16H16F3N7O5. The predicted octanol–water partition coefficient (Wildman–Crippen LogP) is 0.107. The number of aromatic nitrogens is 4. The molecule has 0 unspecified atom stereocenters. The van der Waals surface area contributed by atoms with Gasteiger partial charge < -0.3 is 32.1 Å². The van der Waals surface area contributed by atoms with Gasteiger partial charge >= 0.3 is 12.1 Å². The van der Waals surface area contributed by atoms with Crippen molar-refractivity contribution in [3.63, 3.8) is 0 Å². The highest BCUT2D eigenvalue weighted by atomic mass is 19.4. The number of fused-ring (bicyclic) bond motifs is 1. The third-order valence-corrected chi connectivity index (χ3v) is 3.47. The van der Waals surface area contributed by atoms with Crippen molar-refractivity contribution in [2.75, 3.05) is 18.8 Å². The Kier molecular flexibility index (Phi) is 6.81. The minimum absolute atomic E-state index is 0.0449. The van der Waals surface area contributed by atoms with Crippen LogP contribution in [0.1, 0.15) is 10.4 Å². The van der Waals surface area contributed by atoms with Gasteiger partial charge in [0, 0.05) is 30.9 Å². The van der Waals surface area contributed by atoms with Gasteiger partial charge in [0.25, 0.3) is 5.91 Å². The highest BCUT2D eigenvalue weighted by Gasteiger charge is 2.38. The molecule has 1 amide bonds. The van der Waals surface area contributed by atoms with Crippen molar-refractivity contribution in [1.82, 2.24) is 24.9 Å². The van der Waals surface area contributed by atoms with E-state index in [9.17, 15) is 28.2 Å². The Bertz CT molecular complexity index is 1100. The van der Waals surface area contributed by atoms with Gasteiger partial charge in [-0.15, -0.1) is 5.10 Å². The number of nitrogens with two attached hydrogens (primary N) is 2. The van der Waals surface area contributed by atoms with Gasteiger partial charge in [-0.2, -0.15) is 17.7 Å². The highest BCUT2D eigenvalue weighted by molar-refractivity contribution is 5.99. The molecule has 8 N–H and O–H groups in total. The zero-order valence-corrected chi connectivity index (χ0v) is 15.5. The fourth-order valence-corrected chi connectivity index (χ4v) is 2.18. The van der Waals surface area contributed by atoms with Crippen LogP contribution in [0, 0.1) is 0 Å². The van der Waals surface area contributed by atoms with Gasteiger partial charge in [-0.1, -0.05) is 0 Å². The number of phenolic OH excluding ortho intramolecular Hbond substituents is 2. The van der Waals surface area contributed by atoms with Crippen LogP contribution >= 0.6 is 0 Å². The summed E-state index contributed by atoms with van der Waals surface area (Å²) < 4.78 is 33.0. The van der Waals surface area contributed by atoms with Gasteiger partial charge in [0.2, 0.25) is 5.95 Å². The van der Waals surface area contributed by atoms with Crippen molar-refractivity contribution in [3.8, 4) is 22.9 Å². The smallest absolute Gasteiger partial charge is 0.490 e. The molecule has 166 valence electrons. The summed E-state index contributed by atoms with van der Waals surface area (Å²) in [6, 6.07) is 3.94. The van der Waals surface area contributed by atoms with Crippen molar-refractivity contribution in [3.05, 3.63) is 30.0 Å². The van der Waals surface area contributed by atoms with Gasteiger partial charge in [-0.25, -0.2) is 14.8 Å². The number of hydrogen-bond donors (Lipinski definition) is 6. The molecule has 0 atom stereocenters. The zero-order chi connectivity index (χ0) is 23.3. The molecule has 2 aromatic heterocycles. The van der Waals surface area contributed by atoms with Gasteiger partial charge in [-0.3, -0.25) is 4.79 Å². The number of nitrogen functional groups attached to an aromatic ring is 1. The van der Waals surface area contributed by atoms with E-state index in [4.69, 9.17) is 21.4 Å². The second-order valence-electron chi connectivity index (χ2n) is 5.79. The van der Waals surface area contributed by atoms with Crippen LogP contribution in [0.5, 0.6) is 11.5 Å². The van der Waals surface area contributed by atoms with Crippen molar-refractivity contribution in [1.29, 1.82) is 0 Å². The minimum atomic E-state index is -5.08. The van der Waals surface area contributed by atoms with Crippen molar-refractivity contribution in [2.45, 2.75) is 6.18 Å². The summed E-state index contributed by atoms with van der Waals surface area (Å²) in [6.45, 7) is 0.599. The maximum absolute atomic E-state index is 12.2. The number of carbonyl (C=O) groups is 2. The summed E-state index contributed by atoms with van der Waals surface area (Å²) in [4.78, 5) is 29.3. The summed E-state index contributed by atoms with van der Waals surface area (Å²) in [5, 5.41) is 33.1. The van der Waals surface area contributed by atoms with Crippen LogP contribution in [0.3, 0.4) is 0 Å². The van der Waals surface area contributed by atoms with Crippen LogP contribution < -0.4 is 16.8 Å². The molecule has 1 aromatic carbocycles. The van der Waals surface area contributed by atoms with Crippen LogP contribution in [-0.2, 0) is 4.79 Å². The van der Waals surface area contributed by atoms with Crippen LogP contribution in [0.2, 0.25) is 0 Å². The summed E-state index contributed by atoms with van der Waals surface area (Å²) in [5.41, 5.74) is 11.9. The Labute approximate surface area is 170 Å². The molecule has 0 radical (unpaired) electrons. The fraction of sp³-hybridized carbons (Fsp3) is 0.188. The van der Waals surface area contributed by atoms with Crippen LogP contribution in [0.25, 0.3) is 17.0 Å². The molecule has 3 aromatic rings. The van der Waals surface area contributed by atoms with Gasteiger partial charge in [0.1, 0.15) is 17.1 Å². The third-order valence-electron chi connectivity index (χ3n) is 3.47. The molecule has 0 saturated carbocycles. The van der Waals surface area contributed by atoms with E-state index >= 15 is 0 Å². The standard InChI is InChI=1S/C14H15N7O3.C2HF3O2/c15-1-2-17-13(24)10-6-18-14(16)21-12(10)19-11(20-21)7-3-8(22)5-9(23)4-7;3-2(4,5)1(6)7/h3-6,22-23H,1-2,15H2,(H2,16,18)(H,17,24);(H,6,7). The van der Waals surface area contributed by atoms with Crippen LogP contribution in [-0.4, -0.2) is 66.0 Å². The first-order chi connectivity index (χ1) is 14.4. The zero-order valence-electron chi connectivity index (χ0n) is 15.5. The van der Waals surface area contributed by atoms with Crippen molar-refractivity contribution in [2.24, 2.45) is 5.73 Å². The second-order valence-corrected chi connectivity index (χ2v) is 5.79. The van der Waals surface area contributed by atoms with E-state index in [2.05, 4.69) is 20.4 Å². The minimum Gasteiger partial charge on any atom is -0.508 e. The number of phenols is 2. The Balaban J connectivity index is 0.000000423. The number of aromatic hydroxyl groups is 2. The number of amides is 1. The molecule has 3 rings (SSSR count). The summed E-state index contributed by atoms with van der Waals surface area (Å²) in [6.07, 6.45) is -3.78. The SMILES string of the molecule is NCCNC(=O)c1cnc(N)n2nc(-c3cc(O)cc(O)c3)nc12.O=C(O)C(F)(F)F. The number of hydrogen-bond acceptors (Lipinski definition) is 9. The predicted molar refractivity (Wildman–Crippen MR) is 99.0 cm³/mol. The number of carbonyl (C=O) groups excluding carboxylic acids is 1. The molecule has 0 aliphatic carbocycles. The van der Waals surface area contributed by atoms with Crippen molar-refractivity contribution >= 4 is 23.5 Å². The lowest BCUT2D eigenvalue weighted by atomic mass is 10.2. The molecule has 2 heterocycles. The maximum Gasteiger partial charge on any atom is 0.490 e. The number of nitrogens with zero attached hydrogens (tertiary/aromatic N) is 4. The number of carboxylic acid groups (broad SMARTS) is 1. The van der Waals surface area contributed by atoms with E-state index in [0.717, 1.165) is 0 Å². The number of nitrogens with one attached hydrogen (secondary N) is 1. The molecule has 15 heteroatoms. The maximum atomic E-state index is 12.2. The third kappa shape index (κ3) is 5.69. The van der Waals surface area contributed by atoms with E-state index < -0.39 is 18.1 Å². The van der Waals surface area contributed by atoms with E-state index in [-0.39, 0.29) is 34.5 Å². The first kappa shape index (κ1) is 23.1. The summed E-state index contributed by atoms with van der Waals surface area (Å²) >= 11 is 0. The molecule has 12 nitrogen and oxygen atoms in total. The van der Waals surface area contributed by atoms with E-state index in [0.29, 0.717) is 18.7 Å². The van der Waals surface area contributed by atoms with Gasteiger partial charge in [0.15, 0.2) is 11.5 Å². The number of aliphatic carboxylic acids is 1. The second kappa shape index (κ2) is 9.12. The summed E-state index contributed by atoms with van der Waals surface area (Å²) in [7, 11) is 0. The number of anilines is 1. The number of alkyl halides is 3. The van der Waals surface area contributed by atoms with E-state index in [1.54, 1.807) is 0 Å². The Morgan fingerprint density at radius 2 is 1.74 bits per heavy atom. The highest BCUT2D eigenvalue weighted by Crippen LogP contribution is 2.27. The summed E-state index contributed by atoms with van der Waals surface area (Å²) in [5.74, 6) is -3.23. The normalized spacial score (nSPS) is 11.0. The Morgan fingerprint density at radius 3 is 2.26 bits per heavy atom. The lowest BCUT2D eigenvalue weighted by molar-refractivity contribution is -0.192. The largest absolute Gasteiger partial charge is 0.508 e. The Morgan fingerprint density at radius 1 is 1.16 bits per heavy atom. The lowest BCUT2D eigenvalue weighted by Gasteiger charge is -2.04. The first-order valence-electron chi connectivity index (χ1n) is 8.27. The average Bonchev–Trinajstić information content (AvgIpc) is 3.12. The monoisotopic (exact) mass is 443 g/mol. The lowest BCUT2D eigenvalue weighted by Crippen LogP contribution is -2.29. The molecule has 31 heavy (non-hydrogen) atoms. The molecule has 0 fully saturated rings. The molecule has 0 saturated heterocycles. The number of halogens is 3. The molecule has 0 spiro atoms. The van der Waals surface area contributed by atoms with Gasteiger partial charge in [-0.05, 0) is 12.1 Å². The molecular weight excluding hydrogens is 427 g/mol. The van der Waals surface area contributed by atoms with E-state index in [1.807, 2.05) is 0 Å². The van der Waals surface area contributed by atoms with Crippen LogP contribution in [0.4, 0.5) is 19.1 Å². The molecule has 0 bridgehead atoms.